The van der Waals surface area contributed by atoms with Crippen molar-refractivity contribution in [2.24, 2.45) is 0 Å². The van der Waals surface area contributed by atoms with Gasteiger partial charge in [-0.3, -0.25) is 4.55 Å². The molecule has 240 valence electrons. The number of benzene rings is 5. The molecule has 1 aliphatic heterocycles. The lowest BCUT2D eigenvalue weighted by atomic mass is 10.0. The molecule has 0 spiro atoms. The highest BCUT2D eigenvalue weighted by molar-refractivity contribution is 7.99. The molecule has 0 saturated heterocycles. The van der Waals surface area contributed by atoms with E-state index in [4.69, 9.17) is 9.47 Å². The van der Waals surface area contributed by atoms with Gasteiger partial charge in [0.25, 0.3) is 10.1 Å². The Morgan fingerprint density at radius 2 is 1.28 bits per heavy atom. The van der Waals surface area contributed by atoms with Gasteiger partial charge in [-0.1, -0.05) is 54.2 Å². The Bertz CT molecular complexity index is 1930. The summed E-state index contributed by atoms with van der Waals surface area (Å²) in [5.74, 6) is 1.59. The molecule has 5 aromatic carbocycles. The summed E-state index contributed by atoms with van der Waals surface area (Å²) in [5, 5.41) is -0.967. The first-order chi connectivity index (χ1) is 22.8. The summed E-state index contributed by atoms with van der Waals surface area (Å²) in [6, 6.07) is 39.0. The van der Waals surface area contributed by atoms with Crippen LogP contribution in [0.2, 0.25) is 0 Å². The maximum absolute atomic E-state index is 12.0. The lowest BCUT2D eigenvalue weighted by Gasteiger charge is -2.33. The van der Waals surface area contributed by atoms with Crippen molar-refractivity contribution in [3.8, 4) is 22.6 Å². The molecule has 0 amide bonds. The smallest absolute Gasteiger partial charge is 0.271 e. The van der Waals surface area contributed by atoms with Crippen LogP contribution in [0, 0.1) is 0 Å². The van der Waals surface area contributed by atoms with Crippen LogP contribution in [0.15, 0.2) is 137 Å². The summed E-state index contributed by atoms with van der Waals surface area (Å²) < 4.78 is 44.7. The third-order valence-electron chi connectivity index (χ3n) is 8.17. The second-order valence-corrected chi connectivity index (χ2v) is 13.8. The van der Waals surface area contributed by atoms with Crippen LogP contribution in [-0.2, 0) is 10.1 Å². The molecule has 0 fully saturated rings. The van der Waals surface area contributed by atoms with Crippen LogP contribution in [0.1, 0.15) is 13.3 Å². The Labute approximate surface area is 280 Å². The number of nitrogens with zero attached hydrogens (tertiary/aromatic N) is 2. The van der Waals surface area contributed by atoms with E-state index in [2.05, 4.69) is 58.3 Å². The zero-order valence-electron chi connectivity index (χ0n) is 26.4. The molecule has 9 heteroatoms. The van der Waals surface area contributed by atoms with E-state index in [9.17, 15) is 13.0 Å². The third kappa shape index (κ3) is 7.02. The Morgan fingerprint density at radius 1 is 0.745 bits per heavy atom. The van der Waals surface area contributed by atoms with E-state index in [-0.39, 0.29) is 6.42 Å². The van der Waals surface area contributed by atoms with Gasteiger partial charge in [-0.15, -0.1) is 0 Å². The van der Waals surface area contributed by atoms with E-state index < -0.39 is 15.4 Å². The van der Waals surface area contributed by atoms with Crippen molar-refractivity contribution in [3.63, 3.8) is 0 Å². The maximum Gasteiger partial charge on any atom is 0.271 e. The maximum atomic E-state index is 12.0. The predicted octanol–water partition coefficient (Wildman–Crippen LogP) is 9.67. The van der Waals surface area contributed by atoms with Crippen molar-refractivity contribution in [2.45, 2.75) is 28.4 Å². The standard InChI is InChI=1S/C38H36N2O5S2/c1-4-7-34(47(41,42)43)24-25-39-35-8-5-6-9-37(35)46-38-26-28(12-23-36(38)39)27-10-13-29(14-11-27)40(30-15-19-32(44-2)20-16-30)31-17-21-33(45-3)22-18-31/h4-23,26,34H,24-25H2,1-3H3,(H,41,42,43)/b7-4+. The predicted molar refractivity (Wildman–Crippen MR) is 192 cm³/mol. The zero-order valence-corrected chi connectivity index (χ0v) is 28.0. The summed E-state index contributed by atoms with van der Waals surface area (Å²) in [4.78, 5) is 6.51. The van der Waals surface area contributed by atoms with E-state index in [0.29, 0.717) is 6.54 Å². The quantitative estimate of drug-likeness (QED) is 0.110. The van der Waals surface area contributed by atoms with Crippen LogP contribution in [0.4, 0.5) is 28.4 Å². The van der Waals surface area contributed by atoms with Gasteiger partial charge < -0.3 is 19.3 Å². The van der Waals surface area contributed by atoms with Crippen molar-refractivity contribution < 1.29 is 22.4 Å². The highest BCUT2D eigenvalue weighted by atomic mass is 32.2. The molecular weight excluding hydrogens is 629 g/mol. The van der Waals surface area contributed by atoms with Gasteiger partial charge in [-0.05, 0) is 109 Å². The van der Waals surface area contributed by atoms with Crippen LogP contribution < -0.4 is 19.3 Å². The second kappa shape index (κ2) is 14.0. The number of ether oxygens (including phenoxy) is 2. The molecule has 0 aliphatic carbocycles. The summed E-state index contributed by atoms with van der Waals surface area (Å²) in [7, 11) is -0.887. The monoisotopic (exact) mass is 664 g/mol. The minimum absolute atomic E-state index is 0.254. The lowest BCUT2D eigenvalue weighted by Crippen LogP contribution is -2.28. The highest BCUT2D eigenvalue weighted by Crippen LogP contribution is 2.49. The summed E-state index contributed by atoms with van der Waals surface area (Å²) in [6.07, 6.45) is 3.46. The Balaban J connectivity index is 1.31. The molecule has 5 aromatic rings. The highest BCUT2D eigenvalue weighted by Gasteiger charge is 2.27. The first kappa shape index (κ1) is 32.2. The van der Waals surface area contributed by atoms with E-state index in [1.165, 1.54) is 6.08 Å². The van der Waals surface area contributed by atoms with Crippen molar-refractivity contribution in [1.29, 1.82) is 0 Å². The van der Waals surface area contributed by atoms with Crippen LogP contribution in [-0.4, -0.2) is 39.0 Å². The number of hydrogen-bond donors (Lipinski definition) is 1. The van der Waals surface area contributed by atoms with Crippen LogP contribution in [0.3, 0.4) is 0 Å². The summed E-state index contributed by atoms with van der Waals surface area (Å²) in [6.45, 7) is 2.18. The second-order valence-electron chi connectivity index (χ2n) is 11.1. The van der Waals surface area contributed by atoms with Gasteiger partial charge in [-0.25, -0.2) is 0 Å². The van der Waals surface area contributed by atoms with Gasteiger partial charge in [-0.2, -0.15) is 8.42 Å². The van der Waals surface area contributed by atoms with E-state index in [0.717, 1.165) is 60.9 Å². The first-order valence-corrected chi connectivity index (χ1v) is 17.6. The molecule has 6 rings (SSSR count). The largest absolute Gasteiger partial charge is 0.497 e. The van der Waals surface area contributed by atoms with Crippen molar-refractivity contribution in [2.75, 3.05) is 30.6 Å². The molecule has 1 N–H and O–H groups in total. The molecule has 0 saturated carbocycles. The van der Waals surface area contributed by atoms with Crippen molar-refractivity contribution in [3.05, 3.63) is 127 Å². The molecule has 1 aliphatic rings. The van der Waals surface area contributed by atoms with Crippen LogP contribution in [0.25, 0.3) is 11.1 Å². The SMILES string of the molecule is C/C=C/C(CCN1c2ccccc2Sc2cc(-c3ccc(N(c4ccc(OC)cc4)c4ccc(OC)cc4)cc3)ccc21)S(=O)(=O)O. The number of fused-ring (bicyclic) bond motifs is 2. The zero-order chi connectivity index (χ0) is 33.0. The van der Waals surface area contributed by atoms with Gasteiger partial charge >= 0.3 is 0 Å². The fourth-order valence-electron chi connectivity index (χ4n) is 5.78. The topological polar surface area (TPSA) is 79.3 Å². The summed E-state index contributed by atoms with van der Waals surface area (Å²) in [5.41, 5.74) is 7.18. The Hall–Kier alpha value is -4.70. The Kier molecular flexibility index (Phi) is 9.58. The molecule has 1 unspecified atom stereocenters. The van der Waals surface area contributed by atoms with Gasteiger partial charge in [0.15, 0.2) is 0 Å². The molecule has 0 aromatic heterocycles. The number of methoxy groups -OCH3 is 2. The minimum Gasteiger partial charge on any atom is -0.497 e. The molecular formula is C38H36N2O5S2. The normalized spacial score (nSPS) is 13.1. The molecule has 47 heavy (non-hydrogen) atoms. The molecule has 0 radical (unpaired) electrons. The number of hydrogen-bond acceptors (Lipinski definition) is 7. The first-order valence-electron chi connectivity index (χ1n) is 15.3. The number of allylic oxidation sites excluding steroid dienone is 1. The molecule has 1 heterocycles. The van der Waals surface area contributed by atoms with Gasteiger partial charge in [0.1, 0.15) is 16.7 Å². The molecule has 7 nitrogen and oxygen atoms in total. The minimum atomic E-state index is -4.21. The van der Waals surface area contributed by atoms with E-state index in [1.807, 2.05) is 66.7 Å². The van der Waals surface area contributed by atoms with Gasteiger partial charge in [0, 0.05) is 33.4 Å². The number of rotatable bonds is 11. The van der Waals surface area contributed by atoms with E-state index >= 15 is 0 Å². The summed E-state index contributed by atoms with van der Waals surface area (Å²) >= 11 is 1.70. The fourth-order valence-corrected chi connectivity index (χ4v) is 7.68. The lowest BCUT2D eigenvalue weighted by molar-refractivity contribution is 0.415. The van der Waals surface area contributed by atoms with Gasteiger partial charge in [0.05, 0.1) is 25.6 Å². The average molecular weight is 665 g/mol. The average Bonchev–Trinajstić information content (AvgIpc) is 3.10. The van der Waals surface area contributed by atoms with Crippen molar-refractivity contribution >= 4 is 50.3 Å². The van der Waals surface area contributed by atoms with Gasteiger partial charge in [0.2, 0.25) is 0 Å². The van der Waals surface area contributed by atoms with Crippen LogP contribution >= 0.6 is 11.8 Å². The Morgan fingerprint density at radius 3 is 1.83 bits per heavy atom. The molecule has 1 atom stereocenters. The number of para-hydroxylation sites is 1. The fraction of sp³-hybridized carbons (Fsp3) is 0.158. The van der Waals surface area contributed by atoms with Crippen LogP contribution in [0.5, 0.6) is 11.5 Å². The molecule has 0 bridgehead atoms. The van der Waals surface area contributed by atoms with Crippen molar-refractivity contribution in [1.82, 2.24) is 0 Å². The third-order valence-corrected chi connectivity index (χ3v) is 10.4. The number of anilines is 5. The van der Waals surface area contributed by atoms with E-state index in [1.54, 1.807) is 39.0 Å².